The van der Waals surface area contributed by atoms with E-state index < -0.39 is 0 Å². The van der Waals surface area contributed by atoms with Crippen LogP contribution in [0.4, 0.5) is 0 Å². The molecule has 0 rings (SSSR count). The first-order valence-electron chi connectivity index (χ1n) is 2.89. The summed E-state index contributed by atoms with van der Waals surface area (Å²) >= 11 is 1.53. The molecule has 0 N–H and O–H groups in total. The quantitative estimate of drug-likeness (QED) is 0.580. The van der Waals surface area contributed by atoms with Crippen molar-refractivity contribution in [3.8, 4) is 0 Å². The minimum absolute atomic E-state index is 0.171. The summed E-state index contributed by atoms with van der Waals surface area (Å²) < 4.78 is 4.88. The number of hydrogen-bond donors (Lipinski definition) is 0. The lowest BCUT2D eigenvalue weighted by molar-refractivity contribution is -0.120. The van der Waals surface area contributed by atoms with Crippen molar-refractivity contribution < 1.29 is 9.53 Å². The Balaban J connectivity index is 3.06. The molecule has 0 fully saturated rings. The van der Waals surface area contributed by atoms with Crippen molar-refractivity contribution in [2.24, 2.45) is 0 Å². The van der Waals surface area contributed by atoms with E-state index in [-0.39, 0.29) is 12.4 Å². The molecule has 0 aromatic heterocycles. The molecule has 0 heterocycles. The van der Waals surface area contributed by atoms with Gasteiger partial charge in [-0.1, -0.05) is 0 Å². The minimum atomic E-state index is 0.171. The molecule has 0 bridgehead atoms. The average molecular weight is 148 g/mol. The molecule has 0 aliphatic heterocycles. The predicted octanol–water partition coefficient (Wildman–Crippen LogP) is 0.955. The Morgan fingerprint density at radius 1 is 1.67 bits per heavy atom. The van der Waals surface area contributed by atoms with E-state index in [0.717, 1.165) is 0 Å². The summed E-state index contributed by atoms with van der Waals surface area (Å²) in [5.74, 6) is 0.740. The van der Waals surface area contributed by atoms with Crippen LogP contribution in [0.25, 0.3) is 0 Å². The Morgan fingerprint density at radius 3 is 2.78 bits per heavy atom. The molecule has 54 valence electrons. The van der Waals surface area contributed by atoms with E-state index in [2.05, 4.69) is 0 Å². The number of ether oxygens (including phenoxy) is 1. The molecule has 0 aliphatic carbocycles. The molecule has 9 heavy (non-hydrogen) atoms. The van der Waals surface area contributed by atoms with Gasteiger partial charge in [0.1, 0.15) is 6.61 Å². The largest absolute Gasteiger partial charge is 0.374 e. The zero-order valence-electron chi connectivity index (χ0n) is 5.85. The summed E-state index contributed by atoms with van der Waals surface area (Å²) in [6.07, 6.45) is 1.91. The molecule has 3 heteroatoms. The lowest BCUT2D eigenvalue weighted by Crippen LogP contribution is -2.10. The second-order valence-electron chi connectivity index (χ2n) is 1.61. The standard InChI is InChI=1S/C6H12O2S/c1-3-8-4-6(7)5-9-2/h3-5H2,1-2H3. The van der Waals surface area contributed by atoms with Crippen LogP contribution in [-0.4, -0.2) is 31.0 Å². The number of carbonyl (C=O) groups is 1. The monoisotopic (exact) mass is 148 g/mol. The van der Waals surface area contributed by atoms with Crippen molar-refractivity contribution in [2.75, 3.05) is 25.2 Å². The average Bonchev–Trinajstić information content (AvgIpc) is 1.85. The molecule has 0 aliphatic rings. The third-order valence-electron chi connectivity index (χ3n) is 0.772. The van der Waals surface area contributed by atoms with E-state index in [4.69, 9.17) is 4.74 Å². The van der Waals surface area contributed by atoms with Crippen LogP contribution in [0.15, 0.2) is 0 Å². The maximum Gasteiger partial charge on any atom is 0.168 e. The smallest absolute Gasteiger partial charge is 0.168 e. The van der Waals surface area contributed by atoms with E-state index in [1.54, 1.807) is 0 Å². The molecule has 2 nitrogen and oxygen atoms in total. The van der Waals surface area contributed by atoms with Crippen LogP contribution >= 0.6 is 11.8 Å². The van der Waals surface area contributed by atoms with Crippen LogP contribution in [0.3, 0.4) is 0 Å². The molecular weight excluding hydrogens is 136 g/mol. The van der Waals surface area contributed by atoms with Crippen molar-refractivity contribution in [3.05, 3.63) is 0 Å². The zero-order valence-corrected chi connectivity index (χ0v) is 6.66. The van der Waals surface area contributed by atoms with Crippen LogP contribution < -0.4 is 0 Å². The molecular formula is C6H12O2S. The van der Waals surface area contributed by atoms with Gasteiger partial charge in [0.2, 0.25) is 0 Å². The number of rotatable bonds is 5. The summed E-state index contributed by atoms with van der Waals surface area (Å²) in [4.78, 5) is 10.7. The normalized spacial score (nSPS) is 9.56. The molecule has 0 radical (unpaired) electrons. The van der Waals surface area contributed by atoms with Gasteiger partial charge in [0.05, 0.1) is 5.75 Å². The van der Waals surface area contributed by atoms with Gasteiger partial charge in [0.15, 0.2) is 5.78 Å². The van der Waals surface area contributed by atoms with Gasteiger partial charge in [-0.3, -0.25) is 4.79 Å². The fourth-order valence-electron chi connectivity index (χ4n) is 0.419. The van der Waals surface area contributed by atoms with Crippen LogP contribution in [0.2, 0.25) is 0 Å². The molecule has 0 unspecified atom stereocenters. The highest BCUT2D eigenvalue weighted by molar-refractivity contribution is 7.99. The SMILES string of the molecule is CCOCC(=O)CSC. The Labute approximate surface area is 60.0 Å². The first-order chi connectivity index (χ1) is 4.31. The Kier molecular flexibility index (Phi) is 6.09. The first-order valence-corrected chi connectivity index (χ1v) is 4.29. The molecule has 0 amide bonds. The van der Waals surface area contributed by atoms with Crippen molar-refractivity contribution >= 4 is 17.5 Å². The van der Waals surface area contributed by atoms with Crippen molar-refractivity contribution in [2.45, 2.75) is 6.92 Å². The minimum Gasteiger partial charge on any atom is -0.374 e. The molecule has 0 saturated carbocycles. The fraction of sp³-hybridized carbons (Fsp3) is 0.833. The highest BCUT2D eigenvalue weighted by Gasteiger charge is 1.97. The molecule has 0 atom stereocenters. The number of hydrogen-bond acceptors (Lipinski definition) is 3. The zero-order chi connectivity index (χ0) is 7.11. The Bertz CT molecular complexity index is 83.1. The number of ketones is 1. The molecule has 0 spiro atoms. The van der Waals surface area contributed by atoms with Crippen molar-refractivity contribution in [1.29, 1.82) is 0 Å². The van der Waals surface area contributed by atoms with Gasteiger partial charge in [-0.15, -0.1) is 0 Å². The highest BCUT2D eigenvalue weighted by atomic mass is 32.2. The maximum absolute atomic E-state index is 10.7. The van der Waals surface area contributed by atoms with Gasteiger partial charge in [-0.25, -0.2) is 0 Å². The van der Waals surface area contributed by atoms with Gasteiger partial charge in [0, 0.05) is 6.61 Å². The summed E-state index contributed by atoms with van der Waals surface area (Å²) in [7, 11) is 0. The predicted molar refractivity (Wildman–Crippen MR) is 39.9 cm³/mol. The van der Waals surface area contributed by atoms with Gasteiger partial charge in [-0.05, 0) is 13.2 Å². The van der Waals surface area contributed by atoms with E-state index in [9.17, 15) is 4.79 Å². The second-order valence-corrected chi connectivity index (χ2v) is 2.47. The summed E-state index contributed by atoms with van der Waals surface area (Å²) in [6, 6.07) is 0. The lowest BCUT2D eigenvalue weighted by Gasteiger charge is -1.96. The van der Waals surface area contributed by atoms with E-state index in [1.165, 1.54) is 11.8 Å². The van der Waals surface area contributed by atoms with E-state index >= 15 is 0 Å². The molecule has 0 aromatic carbocycles. The van der Waals surface area contributed by atoms with Gasteiger partial charge in [0.25, 0.3) is 0 Å². The van der Waals surface area contributed by atoms with Gasteiger partial charge < -0.3 is 4.74 Å². The number of Topliss-reactive ketones (excluding diaryl/α,β-unsaturated/α-hetero) is 1. The number of thioether (sulfide) groups is 1. The van der Waals surface area contributed by atoms with Crippen LogP contribution in [0.5, 0.6) is 0 Å². The van der Waals surface area contributed by atoms with Crippen LogP contribution in [-0.2, 0) is 9.53 Å². The maximum atomic E-state index is 10.7. The third kappa shape index (κ3) is 5.86. The third-order valence-corrected chi connectivity index (χ3v) is 1.38. The van der Waals surface area contributed by atoms with Crippen molar-refractivity contribution in [1.82, 2.24) is 0 Å². The second kappa shape index (κ2) is 6.11. The summed E-state index contributed by atoms with van der Waals surface area (Å²) in [5.41, 5.74) is 0. The van der Waals surface area contributed by atoms with Crippen LogP contribution in [0, 0.1) is 0 Å². The van der Waals surface area contributed by atoms with Gasteiger partial charge in [-0.2, -0.15) is 11.8 Å². The summed E-state index contributed by atoms with van der Waals surface area (Å²) in [6.45, 7) is 2.78. The molecule has 0 aromatic rings. The Morgan fingerprint density at radius 2 is 2.33 bits per heavy atom. The van der Waals surface area contributed by atoms with Gasteiger partial charge >= 0.3 is 0 Å². The van der Waals surface area contributed by atoms with E-state index in [0.29, 0.717) is 12.4 Å². The van der Waals surface area contributed by atoms with Crippen molar-refractivity contribution in [3.63, 3.8) is 0 Å². The lowest BCUT2D eigenvalue weighted by atomic mass is 10.5. The molecule has 0 saturated heterocycles. The summed E-state index contributed by atoms with van der Waals surface area (Å²) in [5, 5.41) is 0. The number of carbonyl (C=O) groups excluding carboxylic acids is 1. The topological polar surface area (TPSA) is 26.3 Å². The van der Waals surface area contributed by atoms with E-state index in [1.807, 2.05) is 13.2 Å². The first kappa shape index (κ1) is 8.98. The highest BCUT2D eigenvalue weighted by Crippen LogP contribution is 1.91. The van der Waals surface area contributed by atoms with Crippen LogP contribution in [0.1, 0.15) is 6.92 Å². The fourth-order valence-corrected chi connectivity index (χ4v) is 0.824. The Hall–Kier alpha value is -0.0200.